The minimum absolute atomic E-state index is 0.136. The zero-order valence-electron chi connectivity index (χ0n) is 17.0. The van der Waals surface area contributed by atoms with E-state index >= 15 is 0 Å². The molecule has 6 nitrogen and oxygen atoms in total. The lowest BCUT2D eigenvalue weighted by Gasteiger charge is -2.34. The number of ketones is 1. The quantitative estimate of drug-likeness (QED) is 0.656. The number of Topliss-reactive ketones (excluding diaryl/α,β-unsaturated/α-hetero) is 1. The van der Waals surface area contributed by atoms with Gasteiger partial charge in [0.15, 0.2) is 5.78 Å². The maximum absolute atomic E-state index is 13.2. The molecule has 2 aliphatic heterocycles. The van der Waals surface area contributed by atoms with Crippen molar-refractivity contribution in [2.75, 3.05) is 19.6 Å². The predicted molar refractivity (Wildman–Crippen MR) is 116 cm³/mol. The molecule has 3 heterocycles. The van der Waals surface area contributed by atoms with Crippen LogP contribution < -0.4 is 0 Å². The number of benzene rings is 1. The second kappa shape index (κ2) is 8.61. The Morgan fingerprint density at radius 3 is 2.47 bits per heavy atom. The molecule has 1 aromatic heterocycles. The summed E-state index contributed by atoms with van der Waals surface area (Å²) in [6, 6.07) is 10.4. The summed E-state index contributed by atoms with van der Waals surface area (Å²) in [4.78, 5) is 28.1. The Balaban J connectivity index is 1.43. The van der Waals surface area contributed by atoms with Crippen LogP contribution in [0, 0.1) is 5.92 Å². The van der Waals surface area contributed by atoms with E-state index in [1.807, 2.05) is 16.3 Å². The average Bonchev–Trinajstić information content (AvgIpc) is 3.45. The molecule has 0 unspecified atom stereocenters. The number of sulfonamides is 1. The topological polar surface area (TPSA) is 74.8 Å². The van der Waals surface area contributed by atoms with Crippen LogP contribution >= 0.6 is 11.3 Å². The zero-order valence-corrected chi connectivity index (χ0v) is 18.6. The second-order valence-electron chi connectivity index (χ2n) is 7.97. The average molecular weight is 447 g/mol. The first kappa shape index (κ1) is 21.2. The molecular weight excluding hydrogens is 420 g/mol. The molecule has 0 saturated carbocycles. The van der Waals surface area contributed by atoms with Crippen molar-refractivity contribution in [3.8, 4) is 0 Å². The maximum Gasteiger partial charge on any atom is 0.243 e. The third-order valence-electron chi connectivity index (χ3n) is 6.09. The van der Waals surface area contributed by atoms with Crippen molar-refractivity contribution in [2.24, 2.45) is 5.92 Å². The summed E-state index contributed by atoms with van der Waals surface area (Å²) in [5.74, 6) is -0.149. The van der Waals surface area contributed by atoms with Gasteiger partial charge in [-0.3, -0.25) is 9.59 Å². The minimum atomic E-state index is -3.67. The van der Waals surface area contributed by atoms with Gasteiger partial charge in [-0.15, -0.1) is 11.3 Å². The highest BCUT2D eigenvalue weighted by Crippen LogP contribution is 2.37. The van der Waals surface area contributed by atoms with Crippen molar-refractivity contribution in [3.63, 3.8) is 0 Å². The molecule has 8 heteroatoms. The van der Waals surface area contributed by atoms with Crippen LogP contribution in [0.3, 0.4) is 0 Å². The largest absolute Gasteiger partial charge is 0.335 e. The molecule has 30 heavy (non-hydrogen) atoms. The van der Waals surface area contributed by atoms with Gasteiger partial charge in [0, 0.05) is 36.0 Å². The number of rotatable bonds is 5. The van der Waals surface area contributed by atoms with Crippen molar-refractivity contribution >= 4 is 33.1 Å². The molecule has 1 atom stereocenters. The number of piperidine rings is 1. The second-order valence-corrected chi connectivity index (χ2v) is 10.9. The molecule has 2 fully saturated rings. The number of nitrogens with zero attached hydrogens (tertiary/aromatic N) is 2. The van der Waals surface area contributed by atoms with E-state index in [1.54, 1.807) is 23.5 Å². The Labute approximate surface area is 181 Å². The minimum Gasteiger partial charge on any atom is -0.335 e. The fraction of sp³-hybridized carbons (Fsp3) is 0.455. The molecule has 0 bridgehead atoms. The van der Waals surface area contributed by atoms with E-state index in [0.29, 0.717) is 31.5 Å². The lowest BCUT2D eigenvalue weighted by molar-refractivity contribution is -0.137. The number of hydrogen-bond acceptors (Lipinski definition) is 5. The molecule has 2 saturated heterocycles. The number of thiophene rings is 1. The smallest absolute Gasteiger partial charge is 0.243 e. The lowest BCUT2D eigenvalue weighted by Crippen LogP contribution is -2.44. The molecule has 4 rings (SSSR count). The number of hydrogen-bond donors (Lipinski definition) is 0. The van der Waals surface area contributed by atoms with Crippen LogP contribution in [-0.4, -0.2) is 48.9 Å². The number of carbonyl (C=O) groups is 2. The van der Waals surface area contributed by atoms with Gasteiger partial charge in [0.05, 0.1) is 10.9 Å². The number of amides is 1. The summed E-state index contributed by atoms with van der Waals surface area (Å²) in [5.41, 5.74) is 0.384. The molecule has 2 aliphatic rings. The van der Waals surface area contributed by atoms with Crippen molar-refractivity contribution in [1.29, 1.82) is 0 Å². The van der Waals surface area contributed by atoms with E-state index in [9.17, 15) is 18.0 Å². The molecule has 0 radical (unpaired) electrons. The van der Waals surface area contributed by atoms with Crippen LogP contribution in [-0.2, 0) is 14.8 Å². The molecule has 1 amide bonds. The van der Waals surface area contributed by atoms with Crippen LogP contribution in [0.1, 0.15) is 53.9 Å². The van der Waals surface area contributed by atoms with Crippen molar-refractivity contribution in [2.45, 2.75) is 43.5 Å². The summed E-state index contributed by atoms with van der Waals surface area (Å²) in [6.07, 6.45) is 3.05. The Hall–Kier alpha value is -2.03. The predicted octanol–water partition coefficient (Wildman–Crippen LogP) is 3.72. The van der Waals surface area contributed by atoms with Crippen LogP contribution in [0.5, 0.6) is 0 Å². The van der Waals surface area contributed by atoms with Gasteiger partial charge < -0.3 is 4.90 Å². The summed E-state index contributed by atoms with van der Waals surface area (Å²) >= 11 is 1.69. The highest BCUT2D eigenvalue weighted by atomic mass is 32.2. The summed E-state index contributed by atoms with van der Waals surface area (Å²) in [7, 11) is -3.67. The first-order chi connectivity index (χ1) is 14.4. The Morgan fingerprint density at radius 1 is 1.03 bits per heavy atom. The molecule has 0 spiro atoms. The Bertz CT molecular complexity index is 1030. The highest BCUT2D eigenvalue weighted by molar-refractivity contribution is 7.89. The van der Waals surface area contributed by atoms with Crippen molar-refractivity contribution < 1.29 is 18.0 Å². The molecule has 0 N–H and O–H groups in total. The molecular formula is C22H26N2O4S2. The third-order valence-corrected chi connectivity index (χ3v) is 8.96. The van der Waals surface area contributed by atoms with Crippen molar-refractivity contribution in [3.05, 3.63) is 52.2 Å². The van der Waals surface area contributed by atoms with Gasteiger partial charge in [0.25, 0.3) is 0 Å². The lowest BCUT2D eigenvalue weighted by atomic mass is 9.96. The maximum atomic E-state index is 13.2. The van der Waals surface area contributed by atoms with E-state index in [4.69, 9.17) is 0 Å². The first-order valence-electron chi connectivity index (χ1n) is 10.3. The molecule has 1 aromatic carbocycles. The Kier molecular flexibility index (Phi) is 6.09. The van der Waals surface area contributed by atoms with Gasteiger partial charge in [-0.1, -0.05) is 18.2 Å². The van der Waals surface area contributed by atoms with E-state index in [0.717, 1.165) is 19.4 Å². The van der Waals surface area contributed by atoms with Gasteiger partial charge in [0.1, 0.15) is 0 Å². The van der Waals surface area contributed by atoms with Gasteiger partial charge in [-0.25, -0.2) is 8.42 Å². The third kappa shape index (κ3) is 4.08. The van der Waals surface area contributed by atoms with Crippen LogP contribution in [0.25, 0.3) is 0 Å². The zero-order chi connectivity index (χ0) is 21.3. The normalized spacial score (nSPS) is 21.1. The van der Waals surface area contributed by atoms with E-state index < -0.39 is 10.0 Å². The fourth-order valence-electron chi connectivity index (χ4n) is 4.41. The van der Waals surface area contributed by atoms with Gasteiger partial charge in [-0.05, 0) is 56.2 Å². The summed E-state index contributed by atoms with van der Waals surface area (Å²) in [5, 5.41) is 2.04. The molecule has 160 valence electrons. The highest BCUT2D eigenvalue weighted by Gasteiger charge is 2.38. The standard InChI is InChI=1S/C22H26N2O4S2/c1-16(25)18-5-2-6-19(15-18)30(27,28)23-12-9-17(10-13-23)22(26)24-11-3-7-20(24)21-8-4-14-29-21/h2,4-6,8,14-15,17,20H,3,7,9-13H2,1H3/t20-/m1/s1. The van der Waals surface area contributed by atoms with Gasteiger partial charge >= 0.3 is 0 Å². The van der Waals surface area contributed by atoms with E-state index in [1.165, 1.54) is 28.2 Å². The fourth-order valence-corrected chi connectivity index (χ4v) is 6.80. The molecule has 0 aliphatic carbocycles. The van der Waals surface area contributed by atoms with Crippen molar-refractivity contribution in [1.82, 2.24) is 9.21 Å². The number of carbonyl (C=O) groups excluding carboxylic acids is 2. The molecule has 2 aromatic rings. The SMILES string of the molecule is CC(=O)c1cccc(S(=O)(=O)N2CCC(C(=O)N3CCC[C@@H]3c3cccs3)CC2)c1. The Morgan fingerprint density at radius 2 is 1.80 bits per heavy atom. The summed E-state index contributed by atoms with van der Waals surface area (Å²) in [6.45, 7) is 2.84. The monoisotopic (exact) mass is 446 g/mol. The van der Waals surface area contributed by atoms with Gasteiger partial charge in [-0.2, -0.15) is 4.31 Å². The van der Waals surface area contributed by atoms with Crippen LogP contribution in [0.15, 0.2) is 46.7 Å². The van der Waals surface area contributed by atoms with Crippen LogP contribution in [0.4, 0.5) is 0 Å². The summed E-state index contributed by atoms with van der Waals surface area (Å²) < 4.78 is 27.5. The number of likely N-dealkylation sites (tertiary alicyclic amines) is 1. The van der Waals surface area contributed by atoms with Gasteiger partial charge in [0.2, 0.25) is 15.9 Å². The van der Waals surface area contributed by atoms with E-state index in [-0.39, 0.29) is 28.5 Å². The van der Waals surface area contributed by atoms with E-state index in [2.05, 4.69) is 6.07 Å². The van der Waals surface area contributed by atoms with Crippen LogP contribution in [0.2, 0.25) is 0 Å². The first-order valence-corrected chi connectivity index (χ1v) is 12.6.